The Morgan fingerprint density at radius 1 is 1.32 bits per heavy atom. The number of aliphatic hydroxyl groups is 3. The van der Waals surface area contributed by atoms with E-state index in [0.717, 1.165) is 4.57 Å². The molecule has 8 nitrogen and oxygen atoms in total. The summed E-state index contributed by atoms with van der Waals surface area (Å²) < 4.78 is 6.60. The molecule has 0 aliphatic carbocycles. The van der Waals surface area contributed by atoms with E-state index in [1.54, 1.807) is 0 Å². The first kappa shape index (κ1) is 12.5. The van der Waals surface area contributed by atoms with E-state index in [2.05, 4.69) is 4.98 Å². The lowest BCUT2D eigenvalue weighted by atomic mass is 9.91. The number of rotatable bonds is 2. The first-order valence-corrected chi connectivity index (χ1v) is 6.03. The first-order chi connectivity index (χ1) is 9.04. The number of aliphatic hydroxyl groups excluding tert-OH is 3. The Morgan fingerprint density at radius 2 is 2.05 bits per heavy atom. The van der Waals surface area contributed by atoms with Crippen LogP contribution in [0.15, 0.2) is 15.7 Å². The van der Waals surface area contributed by atoms with E-state index >= 15 is 0 Å². The average molecular weight is 270 g/mol. The second-order valence-electron chi connectivity index (χ2n) is 4.82. The number of fused-ring (bicyclic) bond motifs is 4. The zero-order chi connectivity index (χ0) is 13.7. The van der Waals surface area contributed by atoms with Gasteiger partial charge in [0.15, 0.2) is 6.23 Å². The van der Waals surface area contributed by atoms with Crippen molar-refractivity contribution >= 4 is 0 Å². The lowest BCUT2D eigenvalue weighted by molar-refractivity contribution is -0.0729. The molecule has 0 radical (unpaired) electrons. The van der Waals surface area contributed by atoms with E-state index in [0.29, 0.717) is 5.69 Å². The minimum absolute atomic E-state index is 0.182. The molecule has 0 spiro atoms. The van der Waals surface area contributed by atoms with E-state index in [4.69, 9.17) is 9.84 Å². The van der Waals surface area contributed by atoms with Gasteiger partial charge in [-0.05, 0) is 6.42 Å². The van der Waals surface area contributed by atoms with Crippen molar-refractivity contribution in [3.05, 3.63) is 32.6 Å². The average Bonchev–Trinajstić information content (AvgIpc) is 2.60. The molecule has 1 saturated heterocycles. The molecule has 104 valence electrons. The minimum Gasteiger partial charge on any atom is -0.396 e. The van der Waals surface area contributed by atoms with Gasteiger partial charge in [0.1, 0.15) is 12.2 Å². The number of hydrogen-bond acceptors (Lipinski definition) is 6. The van der Waals surface area contributed by atoms with Gasteiger partial charge in [0, 0.05) is 24.3 Å². The fourth-order valence-corrected chi connectivity index (χ4v) is 2.92. The smallest absolute Gasteiger partial charge is 0.330 e. The van der Waals surface area contributed by atoms with Gasteiger partial charge in [-0.1, -0.05) is 0 Å². The Kier molecular flexibility index (Phi) is 2.82. The molecule has 2 bridgehead atoms. The van der Waals surface area contributed by atoms with Crippen molar-refractivity contribution in [2.75, 3.05) is 6.61 Å². The van der Waals surface area contributed by atoms with E-state index in [1.165, 1.54) is 6.07 Å². The molecule has 2 aliphatic heterocycles. The molecule has 1 aromatic heterocycles. The fraction of sp³-hybridized carbons (Fsp3) is 0.636. The molecule has 4 N–H and O–H groups in total. The third kappa shape index (κ3) is 1.68. The summed E-state index contributed by atoms with van der Waals surface area (Å²) in [5.74, 6) is -0.511. The van der Waals surface area contributed by atoms with Gasteiger partial charge in [0.25, 0.3) is 5.56 Å². The van der Waals surface area contributed by atoms with Crippen molar-refractivity contribution in [2.45, 2.75) is 36.9 Å². The standard InChI is InChI=1S/C11H14N2O6/c14-2-1-4-5-3-6(15)12-11(18)13(5)10-8(17)7(16)9(4)19-10/h3-4,7-10,14,16-17H,1-2H2,(H,12,15,18). The number of ether oxygens (including phenoxy) is 1. The molecule has 1 fully saturated rings. The first-order valence-electron chi connectivity index (χ1n) is 6.03. The van der Waals surface area contributed by atoms with Gasteiger partial charge in [-0.15, -0.1) is 0 Å². The van der Waals surface area contributed by atoms with Crippen LogP contribution in [-0.4, -0.2) is 49.8 Å². The van der Waals surface area contributed by atoms with Gasteiger partial charge in [-0.25, -0.2) is 4.79 Å². The van der Waals surface area contributed by atoms with Crippen LogP contribution < -0.4 is 11.2 Å². The van der Waals surface area contributed by atoms with Crippen LogP contribution in [0.2, 0.25) is 0 Å². The van der Waals surface area contributed by atoms with E-state index in [9.17, 15) is 19.8 Å². The molecule has 2 aliphatic rings. The predicted molar refractivity (Wildman–Crippen MR) is 61.7 cm³/mol. The quantitative estimate of drug-likeness (QED) is 0.476. The zero-order valence-corrected chi connectivity index (χ0v) is 9.89. The van der Waals surface area contributed by atoms with Crippen LogP contribution in [-0.2, 0) is 4.74 Å². The lowest BCUT2D eigenvalue weighted by Crippen LogP contribution is -2.42. The van der Waals surface area contributed by atoms with Gasteiger partial charge in [0.05, 0.1) is 6.10 Å². The molecule has 0 aromatic carbocycles. The summed E-state index contributed by atoms with van der Waals surface area (Å²) in [6.45, 7) is -0.182. The second kappa shape index (κ2) is 4.27. The molecule has 1 aromatic rings. The molecule has 0 saturated carbocycles. The maximum atomic E-state index is 11.8. The van der Waals surface area contributed by atoms with Crippen molar-refractivity contribution in [1.29, 1.82) is 0 Å². The highest BCUT2D eigenvalue weighted by Gasteiger charge is 2.52. The lowest BCUT2D eigenvalue weighted by Gasteiger charge is -2.32. The molecular formula is C11H14N2O6. The number of H-pyrrole nitrogens is 1. The normalized spacial score (nSPS) is 36.3. The van der Waals surface area contributed by atoms with Gasteiger partial charge in [-0.3, -0.25) is 14.3 Å². The predicted octanol–water partition coefficient (Wildman–Crippen LogP) is -2.36. The van der Waals surface area contributed by atoms with E-state index in [-0.39, 0.29) is 13.0 Å². The molecule has 3 heterocycles. The Hall–Kier alpha value is -1.48. The molecule has 5 unspecified atom stereocenters. The highest BCUT2D eigenvalue weighted by atomic mass is 16.6. The van der Waals surface area contributed by atoms with Crippen LogP contribution in [0.25, 0.3) is 0 Å². The van der Waals surface area contributed by atoms with Crippen LogP contribution in [0, 0.1) is 0 Å². The maximum Gasteiger partial charge on any atom is 0.330 e. The van der Waals surface area contributed by atoms with Crippen molar-refractivity contribution in [3.8, 4) is 0 Å². The van der Waals surface area contributed by atoms with Gasteiger partial charge >= 0.3 is 5.69 Å². The number of nitrogens with one attached hydrogen (secondary N) is 1. The van der Waals surface area contributed by atoms with Crippen molar-refractivity contribution in [1.82, 2.24) is 9.55 Å². The largest absolute Gasteiger partial charge is 0.396 e. The van der Waals surface area contributed by atoms with E-state index in [1.807, 2.05) is 0 Å². The Bertz CT molecular complexity index is 608. The molecule has 3 rings (SSSR count). The third-order valence-corrected chi connectivity index (χ3v) is 3.75. The number of nitrogens with zero attached hydrogens (tertiary/aromatic N) is 1. The van der Waals surface area contributed by atoms with Crippen LogP contribution in [0.4, 0.5) is 0 Å². The number of aromatic nitrogens is 2. The Morgan fingerprint density at radius 3 is 2.74 bits per heavy atom. The minimum atomic E-state index is -1.24. The highest BCUT2D eigenvalue weighted by Crippen LogP contribution is 2.43. The number of aromatic amines is 1. The van der Waals surface area contributed by atoms with Crippen molar-refractivity contribution < 1.29 is 20.1 Å². The maximum absolute atomic E-state index is 11.8. The summed E-state index contributed by atoms with van der Waals surface area (Å²) in [5, 5.41) is 28.9. The Balaban J connectivity index is 2.22. The summed E-state index contributed by atoms with van der Waals surface area (Å²) in [6.07, 6.45) is -3.90. The second-order valence-corrected chi connectivity index (χ2v) is 4.82. The fourth-order valence-electron chi connectivity index (χ4n) is 2.92. The summed E-state index contributed by atoms with van der Waals surface area (Å²) in [6, 6.07) is 1.25. The summed E-state index contributed by atoms with van der Waals surface area (Å²) in [5.41, 5.74) is -0.869. The third-order valence-electron chi connectivity index (χ3n) is 3.75. The van der Waals surface area contributed by atoms with Crippen LogP contribution in [0.3, 0.4) is 0 Å². The van der Waals surface area contributed by atoms with Gasteiger partial charge in [-0.2, -0.15) is 0 Å². The molecular weight excluding hydrogens is 256 g/mol. The summed E-state index contributed by atoms with van der Waals surface area (Å²) in [4.78, 5) is 25.4. The monoisotopic (exact) mass is 270 g/mol. The molecule has 8 heteroatoms. The van der Waals surface area contributed by atoms with E-state index < -0.39 is 41.7 Å². The molecule has 19 heavy (non-hydrogen) atoms. The van der Waals surface area contributed by atoms with Gasteiger partial charge < -0.3 is 20.1 Å². The highest BCUT2D eigenvalue weighted by molar-refractivity contribution is 5.18. The van der Waals surface area contributed by atoms with Crippen LogP contribution in [0.1, 0.15) is 24.3 Å². The molecule has 5 atom stereocenters. The number of hydrogen-bond donors (Lipinski definition) is 4. The summed E-state index contributed by atoms with van der Waals surface area (Å²) in [7, 11) is 0. The topological polar surface area (TPSA) is 125 Å². The van der Waals surface area contributed by atoms with Crippen LogP contribution >= 0.6 is 0 Å². The van der Waals surface area contributed by atoms with Gasteiger partial charge in [0.2, 0.25) is 0 Å². The zero-order valence-electron chi connectivity index (χ0n) is 9.89. The SMILES string of the molecule is O=c1cc2n(c(=O)[nH]1)C1OC(C2CCO)C(O)C1O. The van der Waals surface area contributed by atoms with Crippen molar-refractivity contribution in [2.24, 2.45) is 0 Å². The Labute approximate surface area is 106 Å². The van der Waals surface area contributed by atoms with Crippen LogP contribution in [0.5, 0.6) is 0 Å². The molecule has 0 amide bonds. The summed E-state index contributed by atoms with van der Waals surface area (Å²) >= 11 is 0. The van der Waals surface area contributed by atoms with Crippen molar-refractivity contribution in [3.63, 3.8) is 0 Å².